The third-order valence-electron chi connectivity index (χ3n) is 6.35. The highest BCUT2D eigenvalue weighted by atomic mass is 35.5. The zero-order chi connectivity index (χ0) is 26.3. The largest absolute Gasteiger partial charge is 0.505 e. The van der Waals surface area contributed by atoms with E-state index in [0.29, 0.717) is 33.1 Å². The molecule has 4 aromatic carbocycles. The van der Waals surface area contributed by atoms with Gasteiger partial charge in [0.15, 0.2) is 5.71 Å². The standard InChI is InChI=1S/C29H22ClN3O4/c1-16-9-11-21(13-17(16)2)33-25-15-20(30)10-12-23(25)26(28(33)35)32-31-24-8-4-7-22(27(24)34)18-5-3-6-19(14-18)29(36)37/h3-15,31,34H,1-2H3,(H,36,37). The molecule has 8 heteroatoms. The molecule has 184 valence electrons. The van der Waals surface area contributed by atoms with Crippen molar-refractivity contribution < 1.29 is 19.8 Å². The van der Waals surface area contributed by atoms with Crippen LogP contribution in [0.15, 0.2) is 84.0 Å². The number of para-hydroxylation sites is 1. The van der Waals surface area contributed by atoms with Gasteiger partial charge in [0.2, 0.25) is 0 Å². The Hall–Kier alpha value is -4.62. The highest BCUT2D eigenvalue weighted by Crippen LogP contribution is 2.39. The molecule has 0 unspecified atom stereocenters. The molecule has 0 spiro atoms. The van der Waals surface area contributed by atoms with Crippen LogP contribution < -0.4 is 10.3 Å². The molecule has 0 saturated heterocycles. The monoisotopic (exact) mass is 511 g/mol. The molecule has 0 saturated carbocycles. The van der Waals surface area contributed by atoms with Gasteiger partial charge in [0.05, 0.1) is 16.9 Å². The lowest BCUT2D eigenvalue weighted by Crippen LogP contribution is -2.26. The summed E-state index contributed by atoms with van der Waals surface area (Å²) in [6, 6.07) is 22.2. The molecular weight excluding hydrogens is 490 g/mol. The van der Waals surface area contributed by atoms with E-state index in [1.54, 1.807) is 53.4 Å². The molecule has 4 aromatic rings. The van der Waals surface area contributed by atoms with Crippen LogP contribution in [0.4, 0.5) is 17.1 Å². The van der Waals surface area contributed by atoms with E-state index in [9.17, 15) is 19.8 Å². The van der Waals surface area contributed by atoms with Crippen LogP contribution in [0.1, 0.15) is 27.0 Å². The van der Waals surface area contributed by atoms with Crippen LogP contribution in [0.2, 0.25) is 5.02 Å². The number of fused-ring (bicyclic) bond motifs is 1. The number of rotatable bonds is 5. The van der Waals surface area contributed by atoms with Crippen molar-refractivity contribution in [3.63, 3.8) is 0 Å². The summed E-state index contributed by atoms with van der Waals surface area (Å²) in [7, 11) is 0. The number of carboxylic acids is 1. The molecule has 1 aliphatic heterocycles. The molecule has 0 aliphatic carbocycles. The third-order valence-corrected chi connectivity index (χ3v) is 6.59. The summed E-state index contributed by atoms with van der Waals surface area (Å²) in [5.74, 6) is -1.52. The summed E-state index contributed by atoms with van der Waals surface area (Å²) in [6.07, 6.45) is 0. The molecule has 7 nitrogen and oxygen atoms in total. The second-order valence-electron chi connectivity index (χ2n) is 8.73. The molecule has 0 radical (unpaired) electrons. The van der Waals surface area contributed by atoms with Gasteiger partial charge in [-0.15, -0.1) is 0 Å². The average molecular weight is 512 g/mol. The maximum atomic E-state index is 13.6. The van der Waals surface area contributed by atoms with Gasteiger partial charge in [0.1, 0.15) is 5.75 Å². The zero-order valence-electron chi connectivity index (χ0n) is 20.0. The minimum atomic E-state index is -1.06. The van der Waals surface area contributed by atoms with Crippen LogP contribution in [0, 0.1) is 13.8 Å². The molecule has 0 aromatic heterocycles. The Kier molecular flexibility index (Phi) is 6.15. The topological polar surface area (TPSA) is 102 Å². The van der Waals surface area contributed by atoms with Gasteiger partial charge in [-0.2, -0.15) is 5.10 Å². The van der Waals surface area contributed by atoms with Crippen molar-refractivity contribution in [2.45, 2.75) is 13.8 Å². The second kappa shape index (κ2) is 9.44. The Balaban J connectivity index is 1.53. The number of hydrogen-bond acceptors (Lipinski definition) is 5. The SMILES string of the molecule is Cc1ccc(N2C(=O)C(=NNc3cccc(-c4cccc(C(=O)O)c4)c3O)c3ccc(Cl)cc32)cc1C. The van der Waals surface area contributed by atoms with Crippen molar-refractivity contribution in [2.24, 2.45) is 5.10 Å². The van der Waals surface area contributed by atoms with Gasteiger partial charge in [0, 0.05) is 21.8 Å². The van der Waals surface area contributed by atoms with E-state index in [4.69, 9.17) is 11.6 Å². The maximum absolute atomic E-state index is 13.6. The van der Waals surface area contributed by atoms with E-state index in [0.717, 1.165) is 11.1 Å². The third kappa shape index (κ3) is 4.41. The highest BCUT2D eigenvalue weighted by Gasteiger charge is 2.35. The number of carbonyl (C=O) groups excluding carboxylic acids is 1. The van der Waals surface area contributed by atoms with Crippen LogP contribution >= 0.6 is 11.6 Å². The summed E-state index contributed by atoms with van der Waals surface area (Å²) >= 11 is 6.26. The fourth-order valence-electron chi connectivity index (χ4n) is 4.25. The number of nitrogens with zero attached hydrogens (tertiary/aromatic N) is 2. The lowest BCUT2D eigenvalue weighted by Gasteiger charge is -2.18. The first kappa shape index (κ1) is 24.1. The Morgan fingerprint density at radius 2 is 1.70 bits per heavy atom. The van der Waals surface area contributed by atoms with Crippen LogP contribution in [-0.2, 0) is 4.79 Å². The predicted octanol–water partition coefficient (Wildman–Crippen LogP) is 6.52. The lowest BCUT2D eigenvalue weighted by molar-refractivity contribution is -0.111. The smallest absolute Gasteiger partial charge is 0.335 e. The van der Waals surface area contributed by atoms with Crippen molar-refractivity contribution >= 4 is 46.3 Å². The van der Waals surface area contributed by atoms with Gasteiger partial charge in [0.25, 0.3) is 5.91 Å². The first-order valence-electron chi connectivity index (χ1n) is 11.5. The van der Waals surface area contributed by atoms with Crippen LogP contribution in [0.5, 0.6) is 5.75 Å². The van der Waals surface area contributed by atoms with E-state index < -0.39 is 5.97 Å². The van der Waals surface area contributed by atoms with Crippen LogP contribution in [-0.4, -0.2) is 27.8 Å². The van der Waals surface area contributed by atoms with Crippen molar-refractivity contribution in [3.8, 4) is 16.9 Å². The van der Waals surface area contributed by atoms with Gasteiger partial charge < -0.3 is 10.2 Å². The quantitative estimate of drug-likeness (QED) is 0.209. The van der Waals surface area contributed by atoms with Gasteiger partial charge in [-0.05, 0) is 79.1 Å². The Morgan fingerprint density at radius 3 is 2.46 bits per heavy atom. The van der Waals surface area contributed by atoms with Crippen molar-refractivity contribution in [1.29, 1.82) is 0 Å². The molecule has 0 bridgehead atoms. The number of anilines is 3. The number of phenols is 1. The van der Waals surface area contributed by atoms with Crippen LogP contribution in [0.3, 0.4) is 0 Å². The second-order valence-corrected chi connectivity index (χ2v) is 9.17. The van der Waals surface area contributed by atoms with E-state index in [1.807, 2.05) is 32.0 Å². The normalized spacial score (nSPS) is 13.6. The highest BCUT2D eigenvalue weighted by molar-refractivity contribution is 6.56. The number of amides is 1. The van der Waals surface area contributed by atoms with Gasteiger partial charge >= 0.3 is 5.97 Å². The van der Waals surface area contributed by atoms with E-state index in [1.165, 1.54) is 12.1 Å². The fraction of sp³-hybridized carbons (Fsp3) is 0.0690. The van der Waals surface area contributed by atoms with Gasteiger partial charge in [-0.25, -0.2) is 4.79 Å². The molecule has 1 aliphatic rings. The minimum Gasteiger partial charge on any atom is -0.505 e. The van der Waals surface area contributed by atoms with Crippen molar-refractivity contribution in [1.82, 2.24) is 0 Å². The Bertz CT molecular complexity index is 1610. The summed E-state index contributed by atoms with van der Waals surface area (Å²) in [4.78, 5) is 26.5. The maximum Gasteiger partial charge on any atom is 0.335 e. The molecule has 3 N–H and O–H groups in total. The molecule has 1 amide bonds. The Labute approximate surface area is 218 Å². The molecule has 37 heavy (non-hydrogen) atoms. The summed E-state index contributed by atoms with van der Waals surface area (Å²) < 4.78 is 0. The first-order chi connectivity index (χ1) is 17.7. The van der Waals surface area contributed by atoms with Gasteiger partial charge in [-0.3, -0.25) is 15.1 Å². The number of hydrogen-bond donors (Lipinski definition) is 3. The molecular formula is C29H22ClN3O4. The van der Waals surface area contributed by atoms with Crippen LogP contribution in [0.25, 0.3) is 11.1 Å². The predicted molar refractivity (Wildman–Crippen MR) is 145 cm³/mol. The number of carboxylic acid groups (broad SMARTS) is 1. The number of nitrogens with one attached hydrogen (secondary N) is 1. The van der Waals surface area contributed by atoms with Crippen molar-refractivity contribution in [2.75, 3.05) is 10.3 Å². The zero-order valence-corrected chi connectivity index (χ0v) is 20.7. The van der Waals surface area contributed by atoms with E-state index >= 15 is 0 Å². The van der Waals surface area contributed by atoms with Gasteiger partial charge in [-0.1, -0.05) is 41.9 Å². The summed E-state index contributed by atoms with van der Waals surface area (Å²) in [6.45, 7) is 3.99. The number of aryl methyl sites for hydroxylation is 2. The molecule has 0 fully saturated rings. The summed E-state index contributed by atoms with van der Waals surface area (Å²) in [5.41, 5.74) is 8.39. The Morgan fingerprint density at radius 1 is 0.919 bits per heavy atom. The summed E-state index contributed by atoms with van der Waals surface area (Å²) in [5, 5.41) is 25.1. The number of hydrazone groups is 1. The number of halogens is 1. The fourth-order valence-corrected chi connectivity index (χ4v) is 4.42. The number of aromatic hydroxyl groups is 1. The number of aromatic carboxylic acids is 1. The van der Waals surface area contributed by atoms with Crippen molar-refractivity contribution in [3.05, 3.63) is 106 Å². The molecule has 0 atom stereocenters. The van der Waals surface area contributed by atoms with E-state index in [-0.39, 0.29) is 28.6 Å². The average Bonchev–Trinajstić information content (AvgIpc) is 3.15. The minimum absolute atomic E-state index is 0.105. The molecule has 5 rings (SSSR count). The first-order valence-corrected chi connectivity index (χ1v) is 11.8. The molecule has 1 heterocycles. The number of carbonyl (C=O) groups is 2. The number of benzene rings is 4. The number of phenolic OH excluding ortho intramolecular Hbond substituents is 1. The lowest BCUT2D eigenvalue weighted by atomic mass is 10.0. The van der Waals surface area contributed by atoms with E-state index in [2.05, 4.69) is 10.5 Å².